The maximum absolute atomic E-state index is 14.8. The number of rotatable bonds is 13. The van der Waals surface area contributed by atoms with Crippen LogP contribution in [0.3, 0.4) is 0 Å². The van der Waals surface area contributed by atoms with Crippen LogP contribution in [0.2, 0.25) is 0 Å². The molecule has 4 saturated heterocycles. The highest BCUT2D eigenvalue weighted by Gasteiger charge is 2.70. The number of allylic oxidation sites excluding steroid dienone is 2. The largest absolute Gasteiger partial charge is 0.432 e. The summed E-state index contributed by atoms with van der Waals surface area (Å²) in [7, 11) is 0. The van der Waals surface area contributed by atoms with E-state index in [4.69, 9.17) is 37.9 Å². The average molecular weight is 1120 g/mol. The number of aliphatic hydroxyl groups is 15. The summed E-state index contributed by atoms with van der Waals surface area (Å²) in [6.07, 6.45) is -26.1. The first-order chi connectivity index (χ1) is 36.6. The van der Waals surface area contributed by atoms with Crippen molar-refractivity contribution < 1.29 is 119 Å². The summed E-state index contributed by atoms with van der Waals surface area (Å²) in [5, 5.41) is 160. The van der Waals surface area contributed by atoms with Gasteiger partial charge in [-0.1, -0.05) is 53.2 Å². The zero-order valence-electron chi connectivity index (χ0n) is 45.4. The second kappa shape index (κ2) is 22.4. The summed E-state index contributed by atoms with van der Waals surface area (Å²) in [4.78, 5) is 14.8. The van der Waals surface area contributed by atoms with Crippen LogP contribution < -0.4 is 0 Å². The number of aliphatic hydroxyl groups excluding tert-OH is 15. The maximum atomic E-state index is 14.8. The van der Waals surface area contributed by atoms with Gasteiger partial charge in [-0.15, -0.1) is 0 Å². The fourth-order valence-electron chi connectivity index (χ4n) is 16.6. The number of hydrogen-bond acceptors (Lipinski definition) is 24. The minimum atomic E-state index is -1.95. The van der Waals surface area contributed by atoms with Gasteiger partial charge in [-0.05, 0) is 109 Å². The number of carbonyl (C=O) groups is 1. The molecule has 15 N–H and O–H groups in total. The molecular formula is C54H88O24. The summed E-state index contributed by atoms with van der Waals surface area (Å²) in [5.41, 5.74) is -1.97. The molecule has 0 radical (unpaired) electrons. The summed E-state index contributed by atoms with van der Waals surface area (Å²) >= 11 is 0. The van der Waals surface area contributed by atoms with Crippen LogP contribution in [0.1, 0.15) is 106 Å². The third-order valence-corrected chi connectivity index (χ3v) is 21.7. The van der Waals surface area contributed by atoms with Crippen LogP contribution >= 0.6 is 0 Å². The quantitative estimate of drug-likeness (QED) is 0.0494. The van der Waals surface area contributed by atoms with E-state index < -0.39 is 183 Å². The molecule has 0 bridgehead atoms. The maximum Gasteiger partial charge on any atom is 0.315 e. The SMILES string of the molecule is CC1(C)C2CC[C@]3(C)C(CC=C4C5C[C@](C)(CO)CC[C@]5(C(=O)O[C@@H]5O[C@H](CO)[C@@H](O)[C@H](O)[C@H]5O)CC[C@]43C)[C@@]2(C)CC[C@@H]1O[C@@H]1O[C@H](CO)[C@H](O[C@@H]2O[C@H](CO)[C@@H](O)[C@H](O)[C@H]2O)[C@H](O[C@@H]2O[C@H](CO)[C@@H](O)[C@H](O)[C@H]2O)[C@H]1O. The van der Waals surface area contributed by atoms with E-state index in [0.29, 0.717) is 51.4 Å². The highest BCUT2D eigenvalue weighted by atomic mass is 16.8. The molecule has 5 aliphatic carbocycles. The Hall–Kier alpha value is -1.67. The van der Waals surface area contributed by atoms with Gasteiger partial charge in [0.05, 0.1) is 37.9 Å². The number of carbonyl (C=O) groups excluding carboxylic acids is 1. The first-order valence-corrected chi connectivity index (χ1v) is 28.0. The molecule has 4 heterocycles. The lowest BCUT2D eigenvalue weighted by molar-refractivity contribution is -0.393. The molecule has 0 aromatic rings. The van der Waals surface area contributed by atoms with E-state index in [1.807, 2.05) is 6.92 Å². The normalized spacial score (nSPS) is 54.1. The predicted octanol–water partition coefficient (Wildman–Crippen LogP) is -3.06. The first-order valence-electron chi connectivity index (χ1n) is 28.0. The van der Waals surface area contributed by atoms with E-state index >= 15 is 0 Å². The van der Waals surface area contributed by atoms with Crippen molar-refractivity contribution >= 4 is 5.97 Å². The van der Waals surface area contributed by atoms with Gasteiger partial charge in [-0.2, -0.15) is 0 Å². The van der Waals surface area contributed by atoms with Crippen molar-refractivity contribution in [2.45, 2.75) is 235 Å². The first kappa shape index (κ1) is 60.9. The molecule has 3 unspecified atom stereocenters. The Balaban J connectivity index is 0.970. The topological polar surface area (TPSA) is 394 Å². The lowest BCUT2D eigenvalue weighted by Gasteiger charge is -2.71. The summed E-state index contributed by atoms with van der Waals surface area (Å²) in [6, 6.07) is 0. The van der Waals surface area contributed by atoms with E-state index in [1.54, 1.807) is 0 Å². The van der Waals surface area contributed by atoms with Gasteiger partial charge in [-0.25, -0.2) is 0 Å². The Morgan fingerprint density at radius 3 is 1.55 bits per heavy atom. The standard InChI is InChI=1S/C54H88O24/c1-49(2)29-9-12-53(6)30(8-7-23-24-17-50(3,22-59)13-15-54(24,16-14-52(23,53)5)48(70)78-46-40(68)37(65)34(62)27(20-57)73-46)51(29,4)11-10-31(49)75-47-41(69)43(77-45-39(67)36(64)33(61)26(19-56)72-45)42(28(21-58)74-47)76-44-38(66)35(63)32(60)25(18-55)71-44/h7,24-47,55-69H,8-22H2,1-6H3/t24?,25-,26-,27-,28-,29?,30?,31+,32-,33-,34-,35+,36+,37+,38-,39-,40-,41-,42+,43-,44+,45+,46+,47+,50-,51+,52-,53-,54+/m1/s1. The third kappa shape index (κ3) is 9.76. The minimum absolute atomic E-state index is 0.0433. The molecule has 4 aliphatic heterocycles. The van der Waals surface area contributed by atoms with Crippen molar-refractivity contribution in [1.82, 2.24) is 0 Å². The van der Waals surface area contributed by atoms with Gasteiger partial charge in [-0.3, -0.25) is 4.79 Å². The second-order valence-electron chi connectivity index (χ2n) is 26.1. The smallest absolute Gasteiger partial charge is 0.315 e. The van der Waals surface area contributed by atoms with Crippen LogP contribution in [0.5, 0.6) is 0 Å². The third-order valence-electron chi connectivity index (χ3n) is 21.7. The zero-order chi connectivity index (χ0) is 57.0. The Morgan fingerprint density at radius 2 is 1.01 bits per heavy atom. The zero-order valence-corrected chi connectivity index (χ0v) is 45.4. The molecule has 24 nitrogen and oxygen atoms in total. The molecule has 0 aromatic carbocycles. The Kier molecular flexibility index (Phi) is 17.5. The Morgan fingerprint density at radius 1 is 0.526 bits per heavy atom. The lowest BCUT2D eigenvalue weighted by atomic mass is 9.33. The van der Waals surface area contributed by atoms with Crippen molar-refractivity contribution in [3.05, 3.63) is 11.6 Å². The van der Waals surface area contributed by atoms with Crippen LogP contribution in [-0.4, -0.2) is 245 Å². The number of hydrogen-bond donors (Lipinski definition) is 15. The fraction of sp³-hybridized carbons (Fsp3) is 0.944. The van der Waals surface area contributed by atoms with Crippen LogP contribution in [-0.2, 0) is 42.7 Å². The molecule has 8 fully saturated rings. The van der Waals surface area contributed by atoms with Gasteiger partial charge in [0.15, 0.2) is 18.9 Å². The van der Waals surface area contributed by atoms with Crippen LogP contribution in [0.25, 0.3) is 0 Å². The van der Waals surface area contributed by atoms with Gasteiger partial charge in [0.2, 0.25) is 6.29 Å². The van der Waals surface area contributed by atoms with Crippen molar-refractivity contribution in [2.75, 3.05) is 33.0 Å². The lowest BCUT2D eigenvalue weighted by Crippen LogP contribution is -2.68. The molecule has 24 heteroatoms. The monoisotopic (exact) mass is 1120 g/mol. The number of fused-ring (bicyclic) bond motifs is 7. The van der Waals surface area contributed by atoms with Crippen LogP contribution in [0.15, 0.2) is 11.6 Å². The van der Waals surface area contributed by atoms with Crippen molar-refractivity contribution in [2.24, 2.45) is 50.2 Å². The molecule has 0 aromatic heterocycles. The van der Waals surface area contributed by atoms with E-state index in [2.05, 4.69) is 40.7 Å². The van der Waals surface area contributed by atoms with Gasteiger partial charge >= 0.3 is 5.97 Å². The second-order valence-corrected chi connectivity index (χ2v) is 26.1. The number of ether oxygens (including phenoxy) is 8. The van der Waals surface area contributed by atoms with E-state index in [9.17, 15) is 81.4 Å². The predicted molar refractivity (Wildman–Crippen MR) is 264 cm³/mol. The molecule has 4 saturated carbocycles. The fourth-order valence-corrected chi connectivity index (χ4v) is 16.6. The Bertz CT molecular complexity index is 2130. The van der Waals surface area contributed by atoms with Crippen molar-refractivity contribution in [1.29, 1.82) is 0 Å². The number of esters is 1. The molecule has 9 aliphatic rings. The average Bonchev–Trinajstić information content (AvgIpc) is 3.47. The molecule has 78 heavy (non-hydrogen) atoms. The highest BCUT2D eigenvalue weighted by Crippen LogP contribution is 2.76. The summed E-state index contributed by atoms with van der Waals surface area (Å²) in [6.45, 7) is 10.1. The molecule has 0 spiro atoms. The van der Waals surface area contributed by atoms with Crippen molar-refractivity contribution in [3.63, 3.8) is 0 Å². The van der Waals surface area contributed by atoms with E-state index in [1.165, 1.54) is 0 Å². The van der Waals surface area contributed by atoms with Gasteiger partial charge in [0.25, 0.3) is 0 Å². The summed E-state index contributed by atoms with van der Waals surface area (Å²) in [5.74, 6) is -0.750. The van der Waals surface area contributed by atoms with Crippen LogP contribution in [0, 0.1) is 50.2 Å². The van der Waals surface area contributed by atoms with Gasteiger partial charge in [0.1, 0.15) is 97.7 Å². The molecule has 0 amide bonds. The molecule has 448 valence electrons. The van der Waals surface area contributed by atoms with E-state index in [-0.39, 0.29) is 35.2 Å². The van der Waals surface area contributed by atoms with Gasteiger partial charge in [0, 0.05) is 6.61 Å². The minimum Gasteiger partial charge on any atom is -0.432 e. The highest BCUT2D eigenvalue weighted by molar-refractivity contribution is 5.79. The van der Waals surface area contributed by atoms with Crippen molar-refractivity contribution in [3.8, 4) is 0 Å². The molecule has 9 rings (SSSR count). The van der Waals surface area contributed by atoms with E-state index in [0.717, 1.165) is 18.4 Å². The molecule has 29 atom stereocenters. The molecular weight excluding hydrogens is 1030 g/mol. The van der Waals surface area contributed by atoms with Gasteiger partial charge < -0.3 is 114 Å². The van der Waals surface area contributed by atoms with Crippen LogP contribution in [0.4, 0.5) is 0 Å². The Labute approximate surface area is 453 Å². The summed E-state index contributed by atoms with van der Waals surface area (Å²) < 4.78 is 48.3.